The molecule has 0 aromatic carbocycles. The number of carbonyl (C=O) groups is 2. The molecule has 0 heterocycles. The van der Waals surface area contributed by atoms with Crippen molar-refractivity contribution in [1.82, 2.24) is 0 Å². The Morgan fingerprint density at radius 1 is 0.648 bits per heavy atom. The lowest BCUT2D eigenvalue weighted by Gasteiger charge is -2.18. The van der Waals surface area contributed by atoms with E-state index in [1.165, 1.54) is 96.3 Å². The highest BCUT2D eigenvalue weighted by atomic mass is 31.2. The zero-order chi connectivity index (χ0) is 40.0. The number of hydrogen-bond donors (Lipinski definition) is 3. The fraction of sp³-hybridized carbons (Fsp3) is 0.773. The molecule has 0 aromatic heterocycles. The molecule has 0 fully saturated rings. The van der Waals surface area contributed by atoms with E-state index in [9.17, 15) is 19.3 Å². The molecule has 0 rings (SSSR count). The van der Waals surface area contributed by atoms with Crippen LogP contribution >= 0.6 is 7.82 Å². The summed E-state index contributed by atoms with van der Waals surface area (Å²) in [6, 6.07) is 0. The number of aliphatic hydroxyl groups is 1. The van der Waals surface area contributed by atoms with Gasteiger partial charge in [0.05, 0.1) is 12.7 Å². The lowest BCUT2D eigenvalue weighted by molar-refractivity contribution is -0.161. The van der Waals surface area contributed by atoms with Gasteiger partial charge in [0.25, 0.3) is 0 Å². The fourth-order valence-corrected chi connectivity index (χ4v) is 6.20. The highest BCUT2D eigenvalue weighted by Gasteiger charge is 2.22. The van der Waals surface area contributed by atoms with E-state index in [0.29, 0.717) is 32.1 Å². The van der Waals surface area contributed by atoms with E-state index in [1.54, 1.807) is 6.08 Å². The molecule has 0 saturated carbocycles. The first-order valence-electron chi connectivity index (χ1n) is 21.4. The summed E-state index contributed by atoms with van der Waals surface area (Å²) in [5, 5.41) is 10.00. The van der Waals surface area contributed by atoms with Crippen LogP contribution < -0.4 is 0 Å². The van der Waals surface area contributed by atoms with E-state index >= 15 is 0 Å². The lowest BCUT2D eigenvalue weighted by Crippen LogP contribution is -2.29. The van der Waals surface area contributed by atoms with Gasteiger partial charge in [0.1, 0.15) is 6.61 Å². The molecule has 0 saturated heterocycles. The molecule has 0 aliphatic carbocycles. The maximum atomic E-state index is 12.4. The third-order valence-corrected chi connectivity index (χ3v) is 9.96. The number of allylic oxidation sites excluding steroid dienone is 6. The third kappa shape index (κ3) is 39.7. The molecule has 0 bridgehead atoms. The number of phosphoric ester groups is 1. The lowest BCUT2D eigenvalue weighted by atomic mass is 9.99. The van der Waals surface area contributed by atoms with Gasteiger partial charge in [0.2, 0.25) is 0 Å². The van der Waals surface area contributed by atoms with Crippen molar-refractivity contribution in [3.8, 4) is 0 Å². The van der Waals surface area contributed by atoms with Gasteiger partial charge < -0.3 is 24.4 Å². The number of aliphatic hydroxyl groups excluding tert-OH is 1. The zero-order valence-electron chi connectivity index (χ0n) is 34.4. The van der Waals surface area contributed by atoms with Crippen LogP contribution in [-0.2, 0) is 28.2 Å². The van der Waals surface area contributed by atoms with Crippen LogP contribution in [0.4, 0.5) is 0 Å². The van der Waals surface area contributed by atoms with Crippen molar-refractivity contribution in [2.45, 2.75) is 200 Å². The predicted molar refractivity (Wildman–Crippen MR) is 222 cm³/mol. The van der Waals surface area contributed by atoms with Gasteiger partial charge in [-0.05, 0) is 50.9 Å². The second-order valence-electron chi connectivity index (χ2n) is 14.8. The molecule has 0 radical (unpaired) electrons. The minimum absolute atomic E-state index is 0.104. The molecule has 0 spiro atoms. The fourth-order valence-electron chi connectivity index (χ4n) is 5.84. The molecule has 9 nitrogen and oxygen atoms in total. The topological polar surface area (TPSA) is 140 Å². The number of esters is 2. The quantitative estimate of drug-likeness (QED) is 0.0183. The second-order valence-corrected chi connectivity index (χ2v) is 16.0. The van der Waals surface area contributed by atoms with Gasteiger partial charge in [-0.15, -0.1) is 0 Å². The number of phosphoric acid groups is 1. The molecular weight excluding hydrogens is 703 g/mol. The molecule has 0 aliphatic heterocycles. The average Bonchev–Trinajstić information content (AvgIpc) is 3.14. The van der Waals surface area contributed by atoms with Gasteiger partial charge in [-0.2, -0.15) is 0 Å². The third-order valence-electron chi connectivity index (χ3n) is 9.47. The van der Waals surface area contributed by atoms with Crippen molar-refractivity contribution < 1.29 is 43.0 Å². The van der Waals surface area contributed by atoms with Gasteiger partial charge >= 0.3 is 19.8 Å². The first-order valence-corrected chi connectivity index (χ1v) is 23.0. The van der Waals surface area contributed by atoms with Crippen molar-refractivity contribution in [1.29, 1.82) is 0 Å². The number of ether oxygens (including phenoxy) is 2. The second kappa shape index (κ2) is 37.9. The Labute approximate surface area is 329 Å². The van der Waals surface area contributed by atoms with Crippen molar-refractivity contribution >= 4 is 19.8 Å². The summed E-state index contributed by atoms with van der Waals surface area (Å²) in [6.45, 7) is 5.92. The Kier molecular flexibility index (Phi) is 36.4. The van der Waals surface area contributed by atoms with E-state index in [-0.39, 0.29) is 19.4 Å². The van der Waals surface area contributed by atoms with Crippen LogP contribution in [0, 0.1) is 5.92 Å². The Hall–Kier alpha value is -2.03. The normalized spacial score (nSPS) is 14.1. The van der Waals surface area contributed by atoms with Crippen LogP contribution in [0.3, 0.4) is 0 Å². The van der Waals surface area contributed by atoms with E-state index in [4.69, 9.17) is 19.3 Å². The SMILES string of the molecule is CCCCC/C=C\C[C@H](O)/C=C/C=C\C/C=C\CCCC(=O)O[C@H](COC(=O)CCCCCCCCCCCCCCCCC(C)CC)COP(=O)(O)O. The summed E-state index contributed by atoms with van der Waals surface area (Å²) in [4.78, 5) is 42.8. The highest BCUT2D eigenvalue weighted by molar-refractivity contribution is 7.46. The average molecular weight is 783 g/mol. The summed E-state index contributed by atoms with van der Waals surface area (Å²) >= 11 is 0. The zero-order valence-corrected chi connectivity index (χ0v) is 35.3. The summed E-state index contributed by atoms with van der Waals surface area (Å²) in [6.07, 6.45) is 41.5. The molecular formula is C44H79O9P. The number of unbranched alkanes of at least 4 members (excludes halogenated alkanes) is 17. The summed E-state index contributed by atoms with van der Waals surface area (Å²) in [5.41, 5.74) is 0. The standard InChI is InChI=1S/C44H79O9P/c1-4-6-7-8-24-29-34-41(45)35-30-25-20-17-18-22-27-32-37-44(47)53-42(39-52-54(48,49)50)38-51-43(46)36-31-26-21-16-14-12-10-9-11-13-15-19-23-28-33-40(3)5-2/h18,20,22,24-25,29-30,35,40-42,45H,4-17,19,21,23,26-28,31-34,36-39H2,1-3H3,(H2,48,49,50)/b22-18-,25-20-,29-24-,35-30+/t40?,41-,42+/m0/s1. The molecule has 10 heteroatoms. The van der Waals surface area contributed by atoms with Crippen LogP contribution in [0.15, 0.2) is 48.6 Å². The van der Waals surface area contributed by atoms with Crippen LogP contribution in [0.25, 0.3) is 0 Å². The Balaban J connectivity index is 4.06. The molecule has 0 aromatic rings. The molecule has 54 heavy (non-hydrogen) atoms. The van der Waals surface area contributed by atoms with Crippen molar-refractivity contribution in [3.63, 3.8) is 0 Å². The van der Waals surface area contributed by atoms with Crippen molar-refractivity contribution in [2.75, 3.05) is 13.2 Å². The van der Waals surface area contributed by atoms with Crippen molar-refractivity contribution in [2.24, 2.45) is 5.92 Å². The van der Waals surface area contributed by atoms with Crippen LogP contribution in [0.1, 0.15) is 188 Å². The number of rotatable bonds is 38. The Bertz CT molecular complexity index is 1050. The summed E-state index contributed by atoms with van der Waals surface area (Å²) in [7, 11) is -4.78. The van der Waals surface area contributed by atoms with E-state index in [0.717, 1.165) is 31.6 Å². The smallest absolute Gasteiger partial charge is 0.462 e. The van der Waals surface area contributed by atoms with Crippen LogP contribution in [-0.4, -0.2) is 52.3 Å². The Morgan fingerprint density at radius 2 is 1.22 bits per heavy atom. The molecule has 314 valence electrons. The maximum Gasteiger partial charge on any atom is 0.469 e. The molecule has 3 N–H and O–H groups in total. The van der Waals surface area contributed by atoms with Crippen LogP contribution in [0.5, 0.6) is 0 Å². The van der Waals surface area contributed by atoms with E-state index < -0.39 is 38.6 Å². The minimum atomic E-state index is -4.78. The largest absolute Gasteiger partial charge is 0.469 e. The molecule has 0 aliphatic rings. The van der Waals surface area contributed by atoms with E-state index in [1.807, 2.05) is 36.5 Å². The first kappa shape index (κ1) is 52.0. The maximum absolute atomic E-state index is 12.4. The van der Waals surface area contributed by atoms with Gasteiger partial charge in [0.15, 0.2) is 6.10 Å². The number of hydrogen-bond acceptors (Lipinski definition) is 7. The van der Waals surface area contributed by atoms with Crippen molar-refractivity contribution in [3.05, 3.63) is 48.6 Å². The molecule has 0 amide bonds. The van der Waals surface area contributed by atoms with Crippen LogP contribution in [0.2, 0.25) is 0 Å². The highest BCUT2D eigenvalue weighted by Crippen LogP contribution is 2.36. The summed E-state index contributed by atoms with van der Waals surface area (Å²) < 4.78 is 26.3. The molecule has 3 atom stereocenters. The molecule has 1 unspecified atom stereocenters. The van der Waals surface area contributed by atoms with Gasteiger partial charge in [-0.3, -0.25) is 14.1 Å². The van der Waals surface area contributed by atoms with Gasteiger partial charge in [-0.1, -0.05) is 179 Å². The number of carbonyl (C=O) groups excluding carboxylic acids is 2. The predicted octanol–water partition coefficient (Wildman–Crippen LogP) is 12.0. The van der Waals surface area contributed by atoms with Gasteiger partial charge in [0, 0.05) is 12.8 Å². The Morgan fingerprint density at radius 3 is 1.83 bits per heavy atom. The monoisotopic (exact) mass is 783 g/mol. The first-order chi connectivity index (χ1) is 26.1. The van der Waals surface area contributed by atoms with E-state index in [2.05, 4.69) is 31.4 Å². The minimum Gasteiger partial charge on any atom is -0.462 e. The summed E-state index contributed by atoms with van der Waals surface area (Å²) in [5.74, 6) is -0.110. The van der Waals surface area contributed by atoms with Gasteiger partial charge in [-0.25, -0.2) is 4.57 Å².